The normalized spacial score (nSPS) is 44.6. The molecule has 0 aromatic carbocycles. The van der Waals surface area contributed by atoms with Crippen LogP contribution in [-0.4, -0.2) is 31.1 Å². The summed E-state index contributed by atoms with van der Waals surface area (Å²) in [4.78, 5) is 13.4. The van der Waals surface area contributed by atoms with Gasteiger partial charge in [-0.15, -0.1) is 0 Å². The van der Waals surface area contributed by atoms with Gasteiger partial charge in [0.1, 0.15) is 12.7 Å². The molecule has 4 rings (SSSR count). The van der Waals surface area contributed by atoms with E-state index in [4.69, 9.17) is 14.2 Å². The molecule has 1 saturated heterocycles. The Balaban J connectivity index is 1.54. The molecule has 0 amide bonds. The first-order chi connectivity index (χ1) is 13.9. The zero-order chi connectivity index (χ0) is 21.9. The molecule has 1 unspecified atom stereocenters. The summed E-state index contributed by atoms with van der Waals surface area (Å²) in [7, 11) is 0. The number of hydrogen-bond acceptors (Lipinski definition) is 4. The van der Waals surface area contributed by atoms with Crippen LogP contribution in [0.25, 0.3) is 0 Å². The minimum atomic E-state index is -0.588. The van der Waals surface area contributed by atoms with Gasteiger partial charge in [0.05, 0.1) is 12.5 Å². The Morgan fingerprint density at radius 1 is 1.07 bits per heavy atom. The van der Waals surface area contributed by atoms with Crippen LogP contribution in [0.2, 0.25) is 0 Å². The number of allylic oxidation sites excluding steroid dienone is 1. The minimum Gasteiger partial charge on any atom is -0.462 e. The first-order valence-corrected chi connectivity index (χ1v) is 12.0. The molecule has 0 bridgehead atoms. The molecule has 1 aliphatic heterocycles. The molecule has 6 atom stereocenters. The molecular weight excluding hydrogens is 376 g/mol. The van der Waals surface area contributed by atoms with Gasteiger partial charge in [0, 0.05) is 0 Å². The number of hydrogen-bond donors (Lipinski definition) is 0. The number of ether oxygens (including phenoxy) is 3. The number of carbonyl (C=O) groups excluding carboxylic acids is 1. The Labute approximate surface area is 183 Å². The first-order valence-electron chi connectivity index (χ1n) is 12.0. The Bertz CT molecular complexity index is 723. The van der Waals surface area contributed by atoms with Gasteiger partial charge in [0.25, 0.3) is 0 Å². The molecule has 170 valence electrons. The largest absolute Gasteiger partial charge is 0.462 e. The summed E-state index contributed by atoms with van der Waals surface area (Å²) in [6, 6.07) is 0. The Morgan fingerprint density at radius 2 is 1.80 bits per heavy atom. The first kappa shape index (κ1) is 22.3. The predicted octanol–water partition coefficient (Wildman–Crippen LogP) is 5.90. The second kappa shape index (κ2) is 7.33. The average molecular weight is 419 g/mol. The van der Waals surface area contributed by atoms with Gasteiger partial charge in [-0.2, -0.15) is 0 Å². The highest BCUT2D eigenvalue weighted by atomic mass is 16.7. The highest BCUT2D eigenvalue weighted by Gasteiger charge is 2.62. The lowest BCUT2D eigenvalue weighted by molar-refractivity contribution is -0.177. The third-order valence-corrected chi connectivity index (χ3v) is 9.34. The van der Waals surface area contributed by atoms with E-state index in [1.165, 1.54) is 31.3 Å². The highest BCUT2D eigenvalue weighted by molar-refractivity contribution is 5.77. The summed E-state index contributed by atoms with van der Waals surface area (Å²) < 4.78 is 17.3. The average Bonchev–Trinajstić information content (AvgIpc) is 2.97. The predicted molar refractivity (Wildman–Crippen MR) is 118 cm³/mol. The van der Waals surface area contributed by atoms with Crippen molar-refractivity contribution in [3.05, 3.63) is 11.6 Å². The third kappa shape index (κ3) is 3.56. The maximum absolute atomic E-state index is 13.4. The summed E-state index contributed by atoms with van der Waals surface area (Å²) >= 11 is 0. The smallest absolute Gasteiger partial charge is 0.313 e. The van der Waals surface area contributed by atoms with Gasteiger partial charge in [-0.25, -0.2) is 0 Å². The van der Waals surface area contributed by atoms with E-state index in [9.17, 15) is 4.79 Å². The van der Waals surface area contributed by atoms with Crippen LogP contribution in [0.5, 0.6) is 0 Å². The summed E-state index contributed by atoms with van der Waals surface area (Å²) in [6.45, 7) is 16.5. The fourth-order valence-corrected chi connectivity index (χ4v) is 8.07. The standard InChI is InChI=1S/C26H42O4/c1-17-9-10-20-25(6)13-8-12-23(2,3)19(25)11-14-26(20,7)21(17)22(27)28-15-18-16-29-24(4,5)30-18/h9,18-21H,8,10-16H2,1-7H3/t18-,19?,20+,21-,25-,26+/m1/s1. The van der Waals surface area contributed by atoms with Crippen LogP contribution in [0.1, 0.15) is 87.0 Å². The van der Waals surface area contributed by atoms with Crippen molar-refractivity contribution in [3.63, 3.8) is 0 Å². The highest BCUT2D eigenvalue weighted by Crippen LogP contribution is 2.68. The van der Waals surface area contributed by atoms with E-state index in [2.05, 4.69) is 40.7 Å². The number of rotatable bonds is 3. The SMILES string of the molecule is CC1=CC[C@@H]2[C@](C)(CCC3C(C)(C)CCC[C@]32C)[C@H]1C(=O)OC[C@@H]1COC(C)(C)O1. The second-order valence-electron chi connectivity index (χ2n) is 12.2. The van der Waals surface area contributed by atoms with Crippen molar-refractivity contribution >= 4 is 5.97 Å². The van der Waals surface area contributed by atoms with Gasteiger partial charge in [0.2, 0.25) is 0 Å². The molecule has 4 heteroatoms. The van der Waals surface area contributed by atoms with E-state index in [0.29, 0.717) is 23.4 Å². The molecule has 0 N–H and O–H groups in total. The number of fused-ring (bicyclic) bond motifs is 3. The van der Waals surface area contributed by atoms with Crippen LogP contribution in [0.3, 0.4) is 0 Å². The second-order valence-corrected chi connectivity index (χ2v) is 12.2. The lowest BCUT2D eigenvalue weighted by atomic mass is 9.40. The summed E-state index contributed by atoms with van der Waals surface area (Å²) in [5.41, 5.74) is 1.87. The lowest BCUT2D eigenvalue weighted by Crippen LogP contribution is -2.58. The van der Waals surface area contributed by atoms with Gasteiger partial charge in [-0.3, -0.25) is 4.79 Å². The number of esters is 1. The molecule has 3 aliphatic carbocycles. The Hall–Kier alpha value is -0.870. The molecule has 1 heterocycles. The molecule has 0 radical (unpaired) electrons. The van der Waals surface area contributed by atoms with Crippen LogP contribution in [0.15, 0.2) is 11.6 Å². The van der Waals surface area contributed by atoms with Crippen molar-refractivity contribution in [3.8, 4) is 0 Å². The molecule has 0 spiro atoms. The van der Waals surface area contributed by atoms with E-state index in [1.54, 1.807) is 0 Å². The van der Waals surface area contributed by atoms with Crippen LogP contribution in [0, 0.1) is 34.0 Å². The van der Waals surface area contributed by atoms with Crippen molar-refractivity contribution in [2.24, 2.45) is 34.0 Å². The van der Waals surface area contributed by atoms with Crippen molar-refractivity contribution in [1.29, 1.82) is 0 Å². The summed E-state index contributed by atoms with van der Waals surface area (Å²) in [5.74, 6) is 0.479. The van der Waals surface area contributed by atoms with Crippen LogP contribution < -0.4 is 0 Å². The molecule has 3 fully saturated rings. The van der Waals surface area contributed by atoms with Gasteiger partial charge >= 0.3 is 5.97 Å². The zero-order valence-corrected chi connectivity index (χ0v) is 20.2. The van der Waals surface area contributed by atoms with Crippen LogP contribution >= 0.6 is 0 Å². The van der Waals surface area contributed by atoms with Crippen molar-refractivity contribution in [2.75, 3.05) is 13.2 Å². The van der Waals surface area contributed by atoms with Crippen LogP contribution in [-0.2, 0) is 19.0 Å². The van der Waals surface area contributed by atoms with E-state index < -0.39 is 5.79 Å². The van der Waals surface area contributed by atoms with E-state index in [-0.39, 0.29) is 30.0 Å². The van der Waals surface area contributed by atoms with Gasteiger partial charge in [0.15, 0.2) is 5.79 Å². The minimum absolute atomic E-state index is 0.0269. The van der Waals surface area contributed by atoms with E-state index in [0.717, 1.165) is 18.8 Å². The van der Waals surface area contributed by atoms with Gasteiger partial charge in [-0.1, -0.05) is 45.8 Å². The summed E-state index contributed by atoms with van der Waals surface area (Å²) in [5, 5.41) is 0. The molecule has 0 aromatic heterocycles. The van der Waals surface area contributed by atoms with Gasteiger partial charge in [-0.05, 0) is 81.0 Å². The summed E-state index contributed by atoms with van der Waals surface area (Å²) in [6.07, 6.45) is 9.53. The topological polar surface area (TPSA) is 44.8 Å². The Morgan fingerprint density at radius 3 is 2.47 bits per heavy atom. The maximum Gasteiger partial charge on any atom is 0.313 e. The van der Waals surface area contributed by atoms with E-state index >= 15 is 0 Å². The molecule has 4 nitrogen and oxygen atoms in total. The van der Waals surface area contributed by atoms with Crippen LogP contribution in [0.4, 0.5) is 0 Å². The molecular formula is C26H42O4. The fraction of sp³-hybridized carbons (Fsp3) is 0.885. The van der Waals surface area contributed by atoms with Crippen molar-refractivity contribution in [2.45, 2.75) is 98.9 Å². The lowest BCUT2D eigenvalue weighted by Gasteiger charge is -2.64. The fourth-order valence-electron chi connectivity index (χ4n) is 8.07. The third-order valence-electron chi connectivity index (χ3n) is 9.34. The van der Waals surface area contributed by atoms with Crippen molar-refractivity contribution < 1.29 is 19.0 Å². The van der Waals surface area contributed by atoms with Gasteiger partial charge < -0.3 is 14.2 Å². The Kier molecular flexibility index (Phi) is 5.46. The molecule has 0 aromatic rings. The monoisotopic (exact) mass is 418 g/mol. The quantitative estimate of drug-likeness (QED) is 0.423. The molecule has 30 heavy (non-hydrogen) atoms. The molecule has 4 aliphatic rings. The number of carbonyl (C=O) groups is 1. The maximum atomic E-state index is 13.4. The molecule has 2 saturated carbocycles. The zero-order valence-electron chi connectivity index (χ0n) is 20.2. The van der Waals surface area contributed by atoms with E-state index in [1.807, 2.05) is 13.8 Å². The van der Waals surface area contributed by atoms with Crippen molar-refractivity contribution in [1.82, 2.24) is 0 Å².